The molecule has 0 aromatic heterocycles. The highest BCUT2D eigenvalue weighted by atomic mass is 16.4. The standard InChI is InChI=1S/2C18H36O2.C10H18O4.C6H14O3/c1-17(2)15-13-11-9-7-5-3-4-6-8-10-12-14-16-18(19)20;1-2-3-4-5-6-7-8-9-10-11-12-13-14-15-16-17-18(19)20;11-9(12)7-5-3-1-2-4-6-8-10(13)14;1-2-6(3-7,4-8)5-9/h17H,3-16H2,1-2H3,(H,19,20);2-17H2,1H3,(H,19,20);1-8H2,(H,11,12)(H,13,14);7-9H,2-5H2,1H3. The van der Waals surface area contributed by atoms with E-state index in [1.54, 1.807) is 0 Å². The van der Waals surface area contributed by atoms with Crippen LogP contribution in [0.15, 0.2) is 0 Å². The molecule has 0 saturated heterocycles. The highest BCUT2D eigenvalue weighted by Gasteiger charge is 2.24. The van der Waals surface area contributed by atoms with E-state index in [2.05, 4.69) is 20.8 Å². The van der Waals surface area contributed by atoms with Gasteiger partial charge in [-0.05, 0) is 38.0 Å². The Kier molecular flexibility index (Phi) is 59.8. The lowest BCUT2D eigenvalue weighted by molar-refractivity contribution is -0.138. The summed E-state index contributed by atoms with van der Waals surface area (Å²) in [5.41, 5.74) is -0.667. The summed E-state index contributed by atoms with van der Waals surface area (Å²) in [4.78, 5) is 41.0. The van der Waals surface area contributed by atoms with Crippen molar-refractivity contribution in [1.82, 2.24) is 0 Å². The van der Waals surface area contributed by atoms with Crippen LogP contribution in [0.1, 0.15) is 278 Å². The molecule has 0 unspecified atom stereocenters. The first-order valence-electron chi connectivity index (χ1n) is 26.0. The molecule has 0 spiro atoms. The van der Waals surface area contributed by atoms with Gasteiger partial charge in [0.1, 0.15) is 0 Å². The third-order valence-electron chi connectivity index (χ3n) is 11.7. The summed E-state index contributed by atoms with van der Waals surface area (Å²) in [6.07, 6.45) is 43.9. The maximum absolute atomic E-state index is 10.3. The molecule has 7 N–H and O–H groups in total. The SMILES string of the molecule is CC(C)CCCCCCCCCCCCCCC(=O)O.CCC(CO)(CO)CO.CCCCCCCCCCCCCCCCCC(=O)O.O=C(O)CCCCCCCCC(=O)O. The minimum absolute atomic E-state index is 0.156. The van der Waals surface area contributed by atoms with Crippen molar-refractivity contribution in [3.63, 3.8) is 0 Å². The first-order chi connectivity index (χ1) is 30.3. The maximum atomic E-state index is 10.3. The Labute approximate surface area is 387 Å². The third-order valence-corrected chi connectivity index (χ3v) is 11.7. The van der Waals surface area contributed by atoms with E-state index in [0.717, 1.165) is 70.1 Å². The maximum Gasteiger partial charge on any atom is 0.303 e. The molecule has 0 bridgehead atoms. The number of carbonyl (C=O) groups is 4. The number of carboxylic acid groups (broad SMARTS) is 4. The summed E-state index contributed by atoms with van der Waals surface area (Å²) in [5.74, 6) is -1.92. The number of carboxylic acids is 4. The first-order valence-corrected chi connectivity index (χ1v) is 26.0. The van der Waals surface area contributed by atoms with Crippen LogP contribution in [-0.4, -0.2) is 79.4 Å². The highest BCUT2D eigenvalue weighted by Crippen LogP contribution is 2.19. The molecule has 0 aromatic rings. The second-order valence-corrected chi connectivity index (χ2v) is 18.4. The van der Waals surface area contributed by atoms with Crippen molar-refractivity contribution >= 4 is 23.9 Å². The Morgan fingerprint density at radius 3 is 0.667 bits per heavy atom. The molecule has 378 valence electrons. The van der Waals surface area contributed by atoms with Gasteiger partial charge in [0.2, 0.25) is 0 Å². The van der Waals surface area contributed by atoms with Crippen molar-refractivity contribution in [3.05, 3.63) is 0 Å². The van der Waals surface area contributed by atoms with E-state index in [1.165, 1.54) is 154 Å². The first kappa shape index (κ1) is 67.4. The fourth-order valence-electron chi connectivity index (χ4n) is 6.99. The summed E-state index contributed by atoms with van der Waals surface area (Å²) in [7, 11) is 0. The number of hydrogen-bond acceptors (Lipinski definition) is 7. The molecule has 11 heteroatoms. The van der Waals surface area contributed by atoms with Crippen LogP contribution in [0, 0.1) is 11.3 Å². The van der Waals surface area contributed by atoms with E-state index < -0.39 is 29.3 Å². The highest BCUT2D eigenvalue weighted by molar-refractivity contribution is 5.67. The van der Waals surface area contributed by atoms with Gasteiger partial charge >= 0.3 is 23.9 Å². The molecule has 0 atom stereocenters. The zero-order valence-electron chi connectivity index (χ0n) is 41.5. The lowest BCUT2D eigenvalue weighted by Crippen LogP contribution is -2.32. The van der Waals surface area contributed by atoms with Crippen LogP contribution in [0.5, 0.6) is 0 Å². The molecule has 0 saturated carbocycles. The average Bonchev–Trinajstić information content (AvgIpc) is 3.24. The third kappa shape index (κ3) is 66.5. The second-order valence-electron chi connectivity index (χ2n) is 18.4. The quantitative estimate of drug-likeness (QED) is 0.0286. The van der Waals surface area contributed by atoms with Gasteiger partial charge in [-0.1, -0.05) is 220 Å². The smallest absolute Gasteiger partial charge is 0.303 e. The average molecular weight is 905 g/mol. The molecule has 0 fully saturated rings. The Balaban J connectivity index is -0.000000383. The van der Waals surface area contributed by atoms with Crippen molar-refractivity contribution in [3.8, 4) is 0 Å². The van der Waals surface area contributed by atoms with Gasteiger partial charge < -0.3 is 35.7 Å². The predicted molar refractivity (Wildman–Crippen MR) is 260 cm³/mol. The fourth-order valence-corrected chi connectivity index (χ4v) is 6.99. The Hall–Kier alpha value is -2.24. The summed E-state index contributed by atoms with van der Waals surface area (Å²) < 4.78 is 0. The molecule has 0 aliphatic heterocycles. The zero-order valence-corrected chi connectivity index (χ0v) is 41.5. The molecule has 0 amide bonds. The van der Waals surface area contributed by atoms with Gasteiger partial charge in [0.25, 0.3) is 0 Å². The van der Waals surface area contributed by atoms with Crippen LogP contribution in [0.3, 0.4) is 0 Å². The molecular formula is C52H104O11. The molecule has 63 heavy (non-hydrogen) atoms. The number of unbranched alkanes of at least 4 members (excludes halogenated alkanes) is 30. The van der Waals surface area contributed by atoms with Crippen molar-refractivity contribution in [2.75, 3.05) is 19.8 Å². The Morgan fingerprint density at radius 2 is 0.524 bits per heavy atom. The van der Waals surface area contributed by atoms with Crippen LogP contribution < -0.4 is 0 Å². The Bertz CT molecular complexity index is 915. The van der Waals surface area contributed by atoms with Crippen LogP contribution in [0.4, 0.5) is 0 Å². The molecular weight excluding hydrogens is 801 g/mol. The van der Waals surface area contributed by atoms with Gasteiger partial charge in [0.15, 0.2) is 0 Å². The molecule has 0 aromatic carbocycles. The topological polar surface area (TPSA) is 210 Å². The van der Waals surface area contributed by atoms with E-state index in [9.17, 15) is 19.2 Å². The zero-order chi connectivity index (χ0) is 48.1. The minimum Gasteiger partial charge on any atom is -0.481 e. The van der Waals surface area contributed by atoms with Gasteiger partial charge in [0, 0.05) is 31.1 Å². The molecule has 0 heterocycles. The number of aliphatic carboxylic acids is 4. The molecule has 0 aliphatic carbocycles. The largest absolute Gasteiger partial charge is 0.481 e. The van der Waals surface area contributed by atoms with Crippen LogP contribution >= 0.6 is 0 Å². The lowest BCUT2D eigenvalue weighted by Gasteiger charge is -2.24. The van der Waals surface area contributed by atoms with E-state index in [1.807, 2.05) is 6.92 Å². The molecule has 0 radical (unpaired) electrons. The van der Waals surface area contributed by atoms with Gasteiger partial charge in [-0.15, -0.1) is 0 Å². The van der Waals surface area contributed by atoms with Gasteiger partial charge in [-0.25, -0.2) is 0 Å². The summed E-state index contributed by atoms with van der Waals surface area (Å²) in [6.45, 7) is 8.24. The summed E-state index contributed by atoms with van der Waals surface area (Å²) >= 11 is 0. The van der Waals surface area contributed by atoms with E-state index in [-0.39, 0.29) is 32.7 Å². The van der Waals surface area contributed by atoms with Crippen molar-refractivity contribution < 1.29 is 54.9 Å². The van der Waals surface area contributed by atoms with Crippen LogP contribution in [0.2, 0.25) is 0 Å². The van der Waals surface area contributed by atoms with Gasteiger partial charge in [0.05, 0.1) is 19.8 Å². The molecule has 0 rings (SSSR count). The number of hydrogen-bond donors (Lipinski definition) is 7. The number of rotatable bonds is 44. The van der Waals surface area contributed by atoms with Gasteiger partial charge in [-0.2, -0.15) is 0 Å². The Morgan fingerprint density at radius 1 is 0.333 bits per heavy atom. The van der Waals surface area contributed by atoms with E-state index >= 15 is 0 Å². The number of aliphatic hydroxyl groups is 3. The fraction of sp³-hybridized carbons (Fsp3) is 0.923. The summed E-state index contributed by atoms with van der Waals surface area (Å²) in [5, 5.41) is 59.7. The predicted octanol–water partition coefficient (Wildman–Crippen LogP) is 14.2. The monoisotopic (exact) mass is 905 g/mol. The van der Waals surface area contributed by atoms with Crippen LogP contribution in [-0.2, 0) is 19.2 Å². The van der Waals surface area contributed by atoms with Crippen molar-refractivity contribution in [1.29, 1.82) is 0 Å². The normalized spacial score (nSPS) is 10.9. The van der Waals surface area contributed by atoms with Gasteiger partial charge in [-0.3, -0.25) is 19.2 Å². The second kappa shape index (κ2) is 55.9. The lowest BCUT2D eigenvalue weighted by atomic mass is 9.88. The van der Waals surface area contributed by atoms with Crippen LogP contribution in [0.25, 0.3) is 0 Å². The number of aliphatic hydroxyl groups excluding tert-OH is 3. The van der Waals surface area contributed by atoms with E-state index in [4.69, 9.17) is 35.7 Å². The van der Waals surface area contributed by atoms with Crippen molar-refractivity contribution in [2.45, 2.75) is 278 Å². The molecule has 0 aliphatic rings. The van der Waals surface area contributed by atoms with Crippen molar-refractivity contribution in [2.24, 2.45) is 11.3 Å². The van der Waals surface area contributed by atoms with E-state index in [0.29, 0.717) is 19.3 Å². The summed E-state index contributed by atoms with van der Waals surface area (Å²) in [6, 6.07) is 0. The molecule has 11 nitrogen and oxygen atoms in total. The minimum atomic E-state index is -0.740.